The fourth-order valence-electron chi connectivity index (χ4n) is 23.2. The van der Waals surface area contributed by atoms with Gasteiger partial charge in [-0.1, -0.05) is 169 Å². The molecule has 0 aromatic rings. The van der Waals surface area contributed by atoms with Crippen molar-refractivity contribution in [1.82, 2.24) is 14.7 Å². The van der Waals surface area contributed by atoms with Gasteiger partial charge in [-0.15, -0.1) is 30.6 Å². The Hall–Kier alpha value is -5.75. The summed E-state index contributed by atoms with van der Waals surface area (Å²) in [5.74, 6) is -13.0. The molecule has 142 heavy (non-hydrogen) atoms. The van der Waals surface area contributed by atoms with Gasteiger partial charge in [0.1, 0.15) is 60.0 Å². The number of esters is 2. The number of Topliss-reactive ketones (excluding diaryl/α,β-unsaturated/α-hetero) is 6. The Bertz CT molecular complexity index is 4220. The molecule has 7 aliphatic heterocycles. The fraction of sp³-hybridized carbons (Fsp3) is 0.788. The number of carbonyl (C=O) groups is 10. The van der Waals surface area contributed by atoms with Crippen molar-refractivity contribution in [2.75, 3.05) is 76.5 Å². The summed E-state index contributed by atoms with van der Waals surface area (Å²) in [6.07, 6.45) is 28.3. The maximum absolute atomic E-state index is 14.4. The van der Waals surface area contributed by atoms with Crippen LogP contribution in [-0.4, -0.2) is 279 Å². The van der Waals surface area contributed by atoms with Crippen molar-refractivity contribution in [1.29, 1.82) is 0 Å². The summed E-state index contributed by atoms with van der Waals surface area (Å²) in [7, 11) is 13.2. The van der Waals surface area contributed by atoms with Crippen LogP contribution >= 0.6 is 24.0 Å². The molecule has 2 amide bonds. The lowest BCUT2D eigenvalue weighted by Crippen LogP contribution is -2.64. The summed E-state index contributed by atoms with van der Waals surface area (Å²) < 4.78 is 65.4. The number of unbranched alkanes of at least 4 members (excludes halogenated alkanes) is 1. The minimum Gasteiger partial charge on any atom is -0.460 e. The number of methoxy groups -OCH3 is 7. The second kappa shape index (κ2) is 60.8. The van der Waals surface area contributed by atoms with E-state index < -0.39 is 156 Å². The van der Waals surface area contributed by atoms with Crippen LogP contribution in [0, 0.1) is 82.9 Å². The van der Waals surface area contributed by atoms with Gasteiger partial charge in [0, 0.05) is 124 Å². The van der Waals surface area contributed by atoms with Gasteiger partial charge in [0.2, 0.25) is 11.6 Å². The van der Waals surface area contributed by atoms with E-state index in [9.17, 15) is 68.4 Å². The number of cyclic esters (lactones) is 2. The van der Waals surface area contributed by atoms with Crippen molar-refractivity contribution in [3.8, 4) is 0 Å². The smallest absolute Gasteiger partial charge is 0.329 e. The van der Waals surface area contributed by atoms with E-state index >= 15 is 0 Å². The number of likely N-dealkylation sites (N-methyl/N-ethyl adjacent to an activating group) is 1. The molecule has 7 heterocycles. The molecule has 9 rings (SSSR count). The van der Waals surface area contributed by atoms with Crippen molar-refractivity contribution in [2.45, 2.75) is 412 Å². The number of allylic oxidation sites excluding steroid dienone is 10. The van der Waals surface area contributed by atoms with Crippen LogP contribution in [0.25, 0.3) is 0 Å². The fourth-order valence-corrected chi connectivity index (χ4v) is 23.2. The first-order valence-corrected chi connectivity index (χ1v) is 53.3. The van der Waals surface area contributed by atoms with Crippen molar-refractivity contribution in [3.05, 3.63) is 83.6 Å². The molecule has 5 saturated heterocycles. The van der Waals surface area contributed by atoms with E-state index in [0.29, 0.717) is 106 Å². The minimum absolute atomic E-state index is 0. The van der Waals surface area contributed by atoms with Crippen LogP contribution in [0.4, 0.5) is 0 Å². The van der Waals surface area contributed by atoms with Crippen LogP contribution in [0.2, 0.25) is 0 Å². The molecule has 4 N–H and O–H groups in total. The Balaban J connectivity index is 0.000000369. The number of ketones is 6. The Labute approximate surface area is 867 Å². The first-order chi connectivity index (χ1) is 66.8. The van der Waals surface area contributed by atoms with Crippen LogP contribution in [-0.2, 0) is 100 Å². The van der Waals surface area contributed by atoms with Gasteiger partial charge in [0.15, 0.2) is 5.78 Å². The molecule has 0 radical (unpaired) electrons. The molecular formula is C113H184IN3O25. The van der Waals surface area contributed by atoms with E-state index in [1.165, 1.54) is 63.2 Å². The molecule has 5 unspecified atom stereocenters. The number of aliphatic hydroxyl groups is 4. The predicted octanol–water partition coefficient (Wildman–Crippen LogP) is 17.3. The summed E-state index contributed by atoms with van der Waals surface area (Å²) >= 11 is 0. The van der Waals surface area contributed by atoms with Gasteiger partial charge < -0.3 is 82.3 Å². The van der Waals surface area contributed by atoms with Crippen LogP contribution in [0.5, 0.6) is 0 Å². The van der Waals surface area contributed by atoms with Crippen LogP contribution < -0.4 is 0 Å². The maximum Gasteiger partial charge on any atom is 0.329 e. The number of hydrogen-bond acceptors (Lipinski definition) is 26. The molecule has 28 nitrogen and oxygen atoms in total. The van der Waals surface area contributed by atoms with Gasteiger partial charge in [-0.05, 0) is 247 Å². The highest BCUT2D eigenvalue weighted by molar-refractivity contribution is 14.0. The molecule has 808 valence electrons. The molecule has 2 saturated carbocycles. The van der Waals surface area contributed by atoms with E-state index in [2.05, 4.69) is 59.2 Å². The highest BCUT2D eigenvalue weighted by Crippen LogP contribution is 2.44. The number of amides is 2. The lowest BCUT2D eigenvalue weighted by molar-refractivity contribution is -0.302. The third-order valence-electron chi connectivity index (χ3n) is 32.6. The zero-order valence-corrected chi connectivity index (χ0v) is 93.0. The summed E-state index contributed by atoms with van der Waals surface area (Å²) in [4.78, 5) is 145. The van der Waals surface area contributed by atoms with Crippen molar-refractivity contribution >= 4 is 82.4 Å². The number of halogens is 1. The highest BCUT2D eigenvalue weighted by atomic mass is 127. The largest absolute Gasteiger partial charge is 0.460 e. The quantitative estimate of drug-likeness (QED) is 0.0404. The predicted molar refractivity (Wildman–Crippen MR) is 559 cm³/mol. The molecule has 2 aliphatic carbocycles. The van der Waals surface area contributed by atoms with Gasteiger partial charge in [-0.25, -0.2) is 9.59 Å². The van der Waals surface area contributed by atoms with Crippen LogP contribution in [0.15, 0.2) is 83.6 Å². The second-order valence-corrected chi connectivity index (χ2v) is 43.7. The third-order valence-corrected chi connectivity index (χ3v) is 32.6. The number of nitrogens with zero attached hydrogens (tertiary/aromatic N) is 3. The summed E-state index contributed by atoms with van der Waals surface area (Å²) in [6.45, 7) is 36.3. The molecule has 32 atom stereocenters. The van der Waals surface area contributed by atoms with E-state index in [4.69, 9.17) is 52.1 Å². The van der Waals surface area contributed by atoms with Crippen LogP contribution in [0.1, 0.15) is 303 Å². The second-order valence-electron chi connectivity index (χ2n) is 43.7. The minimum atomic E-state index is -2.49. The van der Waals surface area contributed by atoms with E-state index in [1.807, 2.05) is 78.0 Å². The number of fused-ring (bicyclic) bond motifs is 6. The number of ether oxygens (including phenoxy) is 11. The first-order valence-electron chi connectivity index (χ1n) is 53.3. The summed E-state index contributed by atoms with van der Waals surface area (Å²) in [5.41, 5.74) is 2.99. The molecular weight excluding hydrogens is 1930 g/mol. The average Bonchev–Trinajstić information content (AvgIpc) is 0.750. The number of likely N-dealkylation sites (tertiary alicyclic amines) is 1. The molecule has 0 aromatic heterocycles. The van der Waals surface area contributed by atoms with E-state index in [0.717, 1.165) is 74.6 Å². The summed E-state index contributed by atoms with van der Waals surface area (Å²) in [5, 5.41) is 47.2. The van der Waals surface area contributed by atoms with Crippen LogP contribution in [0.3, 0.4) is 0 Å². The van der Waals surface area contributed by atoms with E-state index in [1.54, 1.807) is 75.2 Å². The number of piperidine rings is 2. The zero-order chi connectivity index (χ0) is 105. The number of hydrogen-bond donors (Lipinski definition) is 4. The molecule has 9 aliphatic rings. The monoisotopic (exact) mass is 2110 g/mol. The Morgan fingerprint density at radius 1 is 0.585 bits per heavy atom. The topological polar surface area (TPSA) is 363 Å². The number of rotatable bonds is 19. The molecule has 29 heteroatoms. The Kier molecular flexibility index (Phi) is 53.5. The zero-order valence-electron chi connectivity index (χ0n) is 90.7. The number of carbonyl (C=O) groups excluding carboxylic acids is 10. The van der Waals surface area contributed by atoms with Gasteiger partial charge >= 0.3 is 11.9 Å². The SMILES string of the molecule is C=CCC1/C=C(\C)C[C@H](C)C[C@H](OC)[C@H]2O[C@@](O)(C(=O)C(=O)N3CCCC[C@H]3C(=O)O[C@H](/C(C)=C/[C@@H]3CC[C@@H](C)[C@H](OC)C3)[C@H](C)[C@@H](O)CC1=O)[C@H](C)C[C@@H]2OC.CCCCC(C)C(C)C1C(=O)CCCCCN1C.CO[C@H]1C[C@@H]2CC[C@@H](C)[C@@](O)(O2)C(=O)C(=O)N2CCCC[C@H]2C(=O)O[C@H]([C@H](C)C[C@@H]2CC[C@@H](OC)[C@H](OC)C2)CC(=O)[C@H](C)/C=C(\C)[C@@H](O)[C@@H](OC)C(=O)C(C)C[C@H](C)/C=C/C=C/C=C/1C.I. The van der Waals surface area contributed by atoms with E-state index in [-0.39, 0.29) is 140 Å². The molecule has 0 aromatic carbocycles. The Morgan fingerprint density at radius 2 is 1.19 bits per heavy atom. The standard InChI is InChI=1S/C52H81NO13.C45H71NO11.C16H31NO.HI/c1-31-17-13-12-14-18-32(2)43(62-9)29-39-22-20-37(7)52(60,66-39)49(57)50(58)53-24-16-15-19-40(53)51(59)65-44(34(4)27-38-21-23-42(61-8)45(28-38)63-10)30-41(54)33(3)26-36(6)47(56)48(64-11)46(55)35(5)25-31;1-11-14-33-20-26(2)19-27(3)21-38(54-9)41-39(55-10)23-30(6)45(52,57-41)42(49)43(50)46-18-13-12-15-34(46)44(51)56-40(31(7)35(47)25-36(33)48)29(5)22-32-17-16-28(4)37(24-32)53-8;1-5-6-10-13(2)14(3)16-15(18)11-8-7-9-12-17(16)4;/h12-14,17-18,26,31,33-35,37-40,42-45,47-48,56,60H,15-16,19-25,27-30H2,1-11H3;11,20,22,27-28,30-35,37-41,47,52H,1,12-19,21,23-25H2,2-10H3;13-14,16H,5-12H2,1-4H3;1H/b14-12+,17-13+,32-18+,36-26+;26-20+,29-22+;;/t31-,33-,34-,35?,37-,38+,39+,40+,42-,43+,44+,45-,47-,48+,52-;27-,28+,30+,31+,32-,33?,34-,35-,37+,38-,39-,40+,41+,45+;;/m10../s1. The Morgan fingerprint density at radius 3 is 1.79 bits per heavy atom. The summed E-state index contributed by atoms with van der Waals surface area (Å²) in [6, 6.07) is -2.07. The van der Waals surface area contributed by atoms with Crippen molar-refractivity contribution < 1.29 is 120 Å². The van der Waals surface area contributed by atoms with Crippen molar-refractivity contribution in [3.63, 3.8) is 0 Å². The number of aliphatic hydroxyl groups excluding tert-OH is 2. The molecule has 4 bridgehead atoms. The van der Waals surface area contributed by atoms with Crippen molar-refractivity contribution in [2.24, 2.45) is 82.9 Å². The van der Waals surface area contributed by atoms with Gasteiger partial charge in [0.25, 0.3) is 23.4 Å². The van der Waals surface area contributed by atoms with Gasteiger partial charge in [-0.2, -0.15) is 0 Å². The third kappa shape index (κ3) is 34.7. The maximum atomic E-state index is 14.4. The highest BCUT2D eigenvalue weighted by Gasteiger charge is 2.58. The first kappa shape index (κ1) is 125. The average molecular weight is 2110 g/mol. The lowest BCUT2D eigenvalue weighted by atomic mass is 9.78. The lowest BCUT2D eigenvalue weighted by Gasteiger charge is -2.47. The molecule has 0 spiro atoms. The van der Waals surface area contributed by atoms with Gasteiger partial charge in [-0.3, -0.25) is 43.3 Å². The normalized spacial score (nSPS) is 38.4. The molecule has 7 fully saturated rings. The van der Waals surface area contributed by atoms with Gasteiger partial charge in [0.05, 0.1) is 54.9 Å².